The Labute approximate surface area is 146 Å². The van der Waals surface area contributed by atoms with Crippen molar-refractivity contribution < 1.29 is 19.2 Å². The highest BCUT2D eigenvalue weighted by atomic mass is 16.6. The number of nitrogens with zero attached hydrogens (tertiary/aromatic N) is 2. The molecule has 1 heterocycles. The van der Waals surface area contributed by atoms with Crippen LogP contribution in [0.5, 0.6) is 0 Å². The Bertz CT molecular complexity index is 697. The molecule has 134 valence electrons. The lowest BCUT2D eigenvalue weighted by atomic mass is 10.0. The Kier molecular flexibility index (Phi) is 6.68. The van der Waals surface area contributed by atoms with Gasteiger partial charge in [-0.15, -0.1) is 0 Å². The van der Waals surface area contributed by atoms with E-state index in [2.05, 4.69) is 4.99 Å². The predicted molar refractivity (Wildman–Crippen MR) is 94.8 cm³/mol. The van der Waals surface area contributed by atoms with Gasteiger partial charge in [-0.3, -0.25) is 15.1 Å². The predicted octanol–water partition coefficient (Wildman–Crippen LogP) is 3.77. The van der Waals surface area contributed by atoms with E-state index in [1.807, 2.05) is 6.08 Å². The summed E-state index contributed by atoms with van der Waals surface area (Å²) in [6, 6.07) is 4.31. The lowest BCUT2D eigenvalue weighted by Crippen LogP contribution is -2.07. The quantitative estimate of drug-likeness (QED) is 0.460. The average Bonchev–Trinajstić information content (AvgIpc) is 2.86. The number of methoxy groups -OCH3 is 2. The van der Waals surface area contributed by atoms with Crippen molar-refractivity contribution in [3.63, 3.8) is 0 Å². The second kappa shape index (κ2) is 8.96. The molecule has 1 aliphatic rings. The molecule has 0 saturated heterocycles. The summed E-state index contributed by atoms with van der Waals surface area (Å²) in [5.41, 5.74) is 0.618. The van der Waals surface area contributed by atoms with Gasteiger partial charge in [0.05, 0.1) is 30.7 Å². The first kappa shape index (κ1) is 18.6. The van der Waals surface area contributed by atoms with Gasteiger partial charge in [0.15, 0.2) is 5.90 Å². The van der Waals surface area contributed by atoms with Gasteiger partial charge in [0.2, 0.25) is 0 Å². The molecule has 1 aromatic carbocycles. The van der Waals surface area contributed by atoms with Crippen LogP contribution in [-0.2, 0) is 9.47 Å². The molecule has 2 rings (SSSR count). The summed E-state index contributed by atoms with van der Waals surface area (Å²) < 4.78 is 9.99. The van der Waals surface area contributed by atoms with Gasteiger partial charge in [-0.25, -0.2) is 4.79 Å². The van der Waals surface area contributed by atoms with Crippen molar-refractivity contribution in [2.45, 2.75) is 38.1 Å². The molecule has 0 N–H and O–H groups in total. The van der Waals surface area contributed by atoms with Crippen LogP contribution in [0.3, 0.4) is 0 Å². The van der Waals surface area contributed by atoms with Crippen LogP contribution in [0, 0.1) is 10.1 Å². The van der Waals surface area contributed by atoms with Gasteiger partial charge in [0, 0.05) is 18.6 Å². The van der Waals surface area contributed by atoms with Crippen LogP contribution in [0.25, 0.3) is 6.08 Å². The van der Waals surface area contributed by atoms with E-state index >= 15 is 0 Å². The molecule has 0 amide bonds. The molecular weight excluding hydrogens is 324 g/mol. The molecule has 1 atom stereocenters. The lowest BCUT2D eigenvalue weighted by Gasteiger charge is -2.08. The summed E-state index contributed by atoms with van der Waals surface area (Å²) in [6.45, 7) is 0. The highest BCUT2D eigenvalue weighted by Gasteiger charge is 2.16. The number of non-ortho nitro benzene ring substituents is 1. The maximum Gasteiger partial charge on any atom is 0.338 e. The van der Waals surface area contributed by atoms with Crippen molar-refractivity contribution in [1.82, 2.24) is 0 Å². The van der Waals surface area contributed by atoms with Gasteiger partial charge in [0.25, 0.3) is 5.69 Å². The van der Waals surface area contributed by atoms with Gasteiger partial charge in [-0.05, 0) is 30.9 Å². The summed E-state index contributed by atoms with van der Waals surface area (Å²) in [4.78, 5) is 26.8. The third-order valence-corrected chi connectivity index (χ3v) is 4.10. The van der Waals surface area contributed by atoms with Crippen molar-refractivity contribution in [2.24, 2.45) is 4.99 Å². The van der Waals surface area contributed by atoms with Gasteiger partial charge >= 0.3 is 5.97 Å². The first-order chi connectivity index (χ1) is 12.0. The van der Waals surface area contributed by atoms with E-state index in [0.717, 1.165) is 31.6 Å². The maximum atomic E-state index is 11.9. The summed E-state index contributed by atoms with van der Waals surface area (Å²) in [6.07, 6.45) is 8.45. The number of benzene rings is 1. The molecule has 25 heavy (non-hydrogen) atoms. The molecule has 0 bridgehead atoms. The molecule has 1 unspecified atom stereocenters. The Hall–Kier alpha value is -2.70. The van der Waals surface area contributed by atoms with Crippen molar-refractivity contribution >= 4 is 23.6 Å². The Morgan fingerprint density at radius 2 is 2.20 bits per heavy atom. The largest absolute Gasteiger partial charge is 0.484 e. The van der Waals surface area contributed by atoms with Crippen LogP contribution >= 0.6 is 0 Å². The normalized spacial score (nSPS) is 17.7. The van der Waals surface area contributed by atoms with E-state index in [0.29, 0.717) is 12.0 Å². The topological polar surface area (TPSA) is 91.0 Å². The number of ether oxygens (including phenoxy) is 2. The van der Waals surface area contributed by atoms with E-state index in [-0.39, 0.29) is 17.3 Å². The molecule has 7 heteroatoms. The molecule has 0 aliphatic carbocycles. The number of rotatable bonds is 5. The molecule has 0 fully saturated rings. The molecule has 1 aromatic rings. The van der Waals surface area contributed by atoms with E-state index < -0.39 is 10.9 Å². The van der Waals surface area contributed by atoms with Crippen LogP contribution < -0.4 is 0 Å². The fourth-order valence-electron chi connectivity index (χ4n) is 2.76. The van der Waals surface area contributed by atoms with E-state index in [1.54, 1.807) is 19.3 Å². The number of carbonyl (C=O) groups excluding carboxylic acids is 1. The van der Waals surface area contributed by atoms with Crippen LogP contribution in [0.15, 0.2) is 29.3 Å². The molecule has 0 radical (unpaired) electrons. The Balaban J connectivity index is 2.16. The number of esters is 1. The van der Waals surface area contributed by atoms with Crippen molar-refractivity contribution in [3.8, 4) is 0 Å². The highest BCUT2D eigenvalue weighted by Crippen LogP contribution is 2.22. The monoisotopic (exact) mass is 346 g/mol. The Morgan fingerprint density at radius 1 is 1.40 bits per heavy atom. The molecule has 7 nitrogen and oxygen atoms in total. The SMILES string of the molecule is COC(=O)c1cc([N+](=O)[O-])ccc1C=CCC1CCCCC(OC)=N1. The zero-order chi connectivity index (χ0) is 18.2. The Morgan fingerprint density at radius 3 is 2.88 bits per heavy atom. The van der Waals surface area contributed by atoms with Gasteiger partial charge in [-0.1, -0.05) is 18.6 Å². The number of nitro benzene ring substituents is 1. The van der Waals surface area contributed by atoms with Crippen LogP contribution in [0.2, 0.25) is 0 Å². The zero-order valence-electron chi connectivity index (χ0n) is 14.4. The third kappa shape index (κ3) is 5.14. The number of hydrogen-bond donors (Lipinski definition) is 0. The molecule has 1 aliphatic heterocycles. The molecule has 0 saturated carbocycles. The van der Waals surface area contributed by atoms with E-state index in [1.165, 1.54) is 19.2 Å². The summed E-state index contributed by atoms with van der Waals surface area (Å²) in [5, 5.41) is 10.9. The minimum absolute atomic E-state index is 0.143. The minimum Gasteiger partial charge on any atom is -0.484 e. The maximum absolute atomic E-state index is 11.9. The van der Waals surface area contributed by atoms with Crippen molar-refractivity contribution in [2.75, 3.05) is 14.2 Å². The number of aliphatic imine (C=N–C) groups is 1. The number of nitro groups is 1. The molecule has 0 aromatic heterocycles. The smallest absolute Gasteiger partial charge is 0.338 e. The van der Waals surface area contributed by atoms with Crippen molar-refractivity contribution in [1.29, 1.82) is 0 Å². The van der Waals surface area contributed by atoms with Crippen LogP contribution in [-0.4, -0.2) is 37.1 Å². The first-order valence-electron chi connectivity index (χ1n) is 8.19. The number of hydrogen-bond acceptors (Lipinski definition) is 6. The molecule has 0 spiro atoms. The molecular formula is C18H22N2O5. The van der Waals surface area contributed by atoms with Crippen LogP contribution in [0.1, 0.15) is 48.0 Å². The second-order valence-corrected chi connectivity index (χ2v) is 5.78. The van der Waals surface area contributed by atoms with Crippen molar-refractivity contribution in [3.05, 3.63) is 45.5 Å². The zero-order valence-corrected chi connectivity index (χ0v) is 14.4. The van der Waals surface area contributed by atoms with Crippen LogP contribution in [0.4, 0.5) is 5.69 Å². The standard InChI is InChI=1S/C18H22N2O5/c1-24-17-9-4-3-7-14(19-17)8-5-6-13-10-11-15(20(22)23)12-16(13)18(21)25-2/h5-6,10-12,14H,3-4,7-9H2,1-2H3. The average molecular weight is 346 g/mol. The van der Waals surface area contributed by atoms with Gasteiger partial charge in [0.1, 0.15) is 0 Å². The third-order valence-electron chi connectivity index (χ3n) is 4.10. The summed E-state index contributed by atoms with van der Waals surface area (Å²) >= 11 is 0. The van der Waals surface area contributed by atoms with Gasteiger partial charge < -0.3 is 9.47 Å². The highest BCUT2D eigenvalue weighted by molar-refractivity contribution is 5.94. The summed E-state index contributed by atoms with van der Waals surface area (Å²) in [7, 11) is 2.89. The van der Waals surface area contributed by atoms with E-state index in [4.69, 9.17) is 9.47 Å². The van der Waals surface area contributed by atoms with E-state index in [9.17, 15) is 14.9 Å². The number of carbonyl (C=O) groups is 1. The summed E-state index contributed by atoms with van der Waals surface area (Å²) in [5.74, 6) is 0.180. The fraction of sp³-hybridized carbons (Fsp3) is 0.444. The van der Waals surface area contributed by atoms with Gasteiger partial charge in [-0.2, -0.15) is 0 Å². The second-order valence-electron chi connectivity index (χ2n) is 5.78. The minimum atomic E-state index is -0.600. The lowest BCUT2D eigenvalue weighted by molar-refractivity contribution is -0.384. The first-order valence-corrected chi connectivity index (χ1v) is 8.19. The fourth-order valence-corrected chi connectivity index (χ4v) is 2.76.